The van der Waals surface area contributed by atoms with E-state index in [1.54, 1.807) is 7.11 Å². The minimum Gasteiger partial charge on any atom is -0.496 e. The van der Waals surface area contributed by atoms with Gasteiger partial charge < -0.3 is 9.47 Å². The number of methoxy groups -OCH3 is 1. The Balaban J connectivity index is 2.50. The molecule has 1 heterocycles. The fourth-order valence-electron chi connectivity index (χ4n) is 1.60. The molecular weight excluding hydrogens is 164 g/mol. The summed E-state index contributed by atoms with van der Waals surface area (Å²) in [6.07, 6.45) is 0. The standard InChI is InChI=1S/C11H14O2/c1-8-5-4-6-9(10(8)12-3)11(2)7-13-11/h4-6H,7H2,1-3H3. The van der Waals surface area contributed by atoms with Gasteiger partial charge in [0.1, 0.15) is 11.4 Å². The number of rotatable bonds is 2. The third kappa shape index (κ3) is 1.31. The first-order valence-electron chi connectivity index (χ1n) is 4.45. The van der Waals surface area contributed by atoms with Crippen LogP contribution in [0, 0.1) is 6.92 Å². The van der Waals surface area contributed by atoms with E-state index in [1.165, 1.54) is 0 Å². The van der Waals surface area contributed by atoms with Crippen molar-refractivity contribution in [2.24, 2.45) is 0 Å². The van der Waals surface area contributed by atoms with E-state index < -0.39 is 0 Å². The topological polar surface area (TPSA) is 21.8 Å². The average molecular weight is 178 g/mol. The Labute approximate surface area is 78.5 Å². The minimum atomic E-state index is -0.0998. The van der Waals surface area contributed by atoms with Crippen molar-refractivity contribution in [3.05, 3.63) is 29.3 Å². The Morgan fingerprint density at radius 1 is 1.46 bits per heavy atom. The first-order valence-corrected chi connectivity index (χ1v) is 4.45. The summed E-state index contributed by atoms with van der Waals surface area (Å²) in [5, 5.41) is 0. The summed E-state index contributed by atoms with van der Waals surface area (Å²) in [7, 11) is 1.71. The number of epoxide rings is 1. The van der Waals surface area contributed by atoms with E-state index in [1.807, 2.05) is 19.1 Å². The molecule has 0 aliphatic carbocycles. The second-order valence-corrected chi connectivity index (χ2v) is 3.68. The van der Waals surface area contributed by atoms with Crippen molar-refractivity contribution in [3.63, 3.8) is 0 Å². The second-order valence-electron chi connectivity index (χ2n) is 3.68. The van der Waals surface area contributed by atoms with Crippen LogP contribution in [0.3, 0.4) is 0 Å². The van der Waals surface area contributed by atoms with Gasteiger partial charge in [-0.2, -0.15) is 0 Å². The Bertz CT molecular complexity index is 327. The summed E-state index contributed by atoms with van der Waals surface area (Å²) < 4.78 is 10.8. The Morgan fingerprint density at radius 2 is 2.15 bits per heavy atom. The van der Waals surface area contributed by atoms with Crippen molar-refractivity contribution in [2.75, 3.05) is 13.7 Å². The SMILES string of the molecule is COc1c(C)cccc1C1(C)CO1. The van der Waals surface area contributed by atoms with E-state index in [4.69, 9.17) is 9.47 Å². The molecular formula is C11H14O2. The van der Waals surface area contributed by atoms with Crippen LogP contribution in [0.15, 0.2) is 18.2 Å². The lowest BCUT2D eigenvalue weighted by Gasteiger charge is -2.13. The maximum absolute atomic E-state index is 5.40. The summed E-state index contributed by atoms with van der Waals surface area (Å²) in [5.74, 6) is 0.961. The maximum atomic E-state index is 5.40. The zero-order valence-electron chi connectivity index (χ0n) is 8.26. The van der Waals surface area contributed by atoms with Crippen molar-refractivity contribution in [2.45, 2.75) is 19.4 Å². The van der Waals surface area contributed by atoms with E-state index in [0.29, 0.717) is 0 Å². The number of para-hydroxylation sites is 1. The summed E-state index contributed by atoms with van der Waals surface area (Å²) in [4.78, 5) is 0. The Morgan fingerprint density at radius 3 is 2.69 bits per heavy atom. The lowest BCUT2D eigenvalue weighted by molar-refractivity contribution is 0.315. The van der Waals surface area contributed by atoms with Gasteiger partial charge in [0, 0.05) is 5.56 Å². The molecule has 2 heteroatoms. The van der Waals surface area contributed by atoms with Crippen LogP contribution in [-0.2, 0) is 10.3 Å². The molecule has 0 spiro atoms. The molecule has 1 aromatic carbocycles. The summed E-state index contributed by atoms with van der Waals surface area (Å²) >= 11 is 0. The predicted molar refractivity (Wildman–Crippen MR) is 51.0 cm³/mol. The molecule has 0 aromatic heterocycles. The van der Waals surface area contributed by atoms with Crippen LogP contribution < -0.4 is 4.74 Å². The van der Waals surface area contributed by atoms with E-state index in [2.05, 4.69) is 13.0 Å². The zero-order chi connectivity index (χ0) is 9.47. The van der Waals surface area contributed by atoms with Gasteiger partial charge in [0.05, 0.1) is 13.7 Å². The van der Waals surface area contributed by atoms with Crippen LogP contribution in [0.1, 0.15) is 18.1 Å². The molecule has 1 aromatic rings. The molecule has 1 aliphatic rings. The molecule has 0 amide bonds. The molecule has 2 nitrogen and oxygen atoms in total. The van der Waals surface area contributed by atoms with Gasteiger partial charge in [-0.15, -0.1) is 0 Å². The van der Waals surface area contributed by atoms with Gasteiger partial charge in [-0.05, 0) is 19.4 Å². The van der Waals surface area contributed by atoms with E-state index in [-0.39, 0.29) is 5.60 Å². The van der Waals surface area contributed by atoms with Crippen LogP contribution in [0.2, 0.25) is 0 Å². The van der Waals surface area contributed by atoms with E-state index in [9.17, 15) is 0 Å². The van der Waals surface area contributed by atoms with Gasteiger partial charge in [0.15, 0.2) is 0 Å². The van der Waals surface area contributed by atoms with Crippen molar-refractivity contribution < 1.29 is 9.47 Å². The second kappa shape index (κ2) is 2.74. The quantitative estimate of drug-likeness (QED) is 0.648. The number of hydrogen-bond acceptors (Lipinski definition) is 2. The molecule has 0 bridgehead atoms. The summed E-state index contributed by atoms with van der Waals surface area (Å²) in [5.41, 5.74) is 2.23. The van der Waals surface area contributed by atoms with Gasteiger partial charge in [-0.3, -0.25) is 0 Å². The van der Waals surface area contributed by atoms with Gasteiger partial charge in [-0.1, -0.05) is 18.2 Å². The number of benzene rings is 1. The van der Waals surface area contributed by atoms with Gasteiger partial charge in [0.2, 0.25) is 0 Å². The molecule has 1 fully saturated rings. The van der Waals surface area contributed by atoms with Crippen LogP contribution >= 0.6 is 0 Å². The monoisotopic (exact) mass is 178 g/mol. The molecule has 13 heavy (non-hydrogen) atoms. The van der Waals surface area contributed by atoms with E-state index >= 15 is 0 Å². The van der Waals surface area contributed by atoms with Crippen molar-refractivity contribution >= 4 is 0 Å². The largest absolute Gasteiger partial charge is 0.496 e. The molecule has 1 saturated heterocycles. The Hall–Kier alpha value is -1.02. The summed E-state index contributed by atoms with van der Waals surface area (Å²) in [6.45, 7) is 4.94. The third-order valence-corrected chi connectivity index (χ3v) is 2.56. The molecule has 0 saturated carbocycles. The highest BCUT2D eigenvalue weighted by atomic mass is 16.6. The van der Waals surface area contributed by atoms with Crippen LogP contribution in [0.5, 0.6) is 5.75 Å². The number of ether oxygens (including phenoxy) is 2. The predicted octanol–water partition coefficient (Wildman–Crippen LogP) is 2.25. The average Bonchev–Trinajstić information content (AvgIpc) is 2.85. The van der Waals surface area contributed by atoms with Gasteiger partial charge in [-0.25, -0.2) is 0 Å². The normalized spacial score (nSPS) is 25.8. The smallest absolute Gasteiger partial charge is 0.127 e. The molecule has 70 valence electrons. The fraction of sp³-hybridized carbons (Fsp3) is 0.455. The first kappa shape index (κ1) is 8.57. The Kier molecular flexibility index (Phi) is 1.81. The van der Waals surface area contributed by atoms with E-state index in [0.717, 1.165) is 23.5 Å². The molecule has 1 unspecified atom stereocenters. The van der Waals surface area contributed by atoms with Gasteiger partial charge in [0.25, 0.3) is 0 Å². The number of aryl methyl sites for hydroxylation is 1. The minimum absolute atomic E-state index is 0.0998. The maximum Gasteiger partial charge on any atom is 0.127 e. The number of hydrogen-bond donors (Lipinski definition) is 0. The first-order chi connectivity index (χ1) is 6.17. The van der Waals surface area contributed by atoms with Crippen LogP contribution in [0.25, 0.3) is 0 Å². The summed E-state index contributed by atoms with van der Waals surface area (Å²) in [6, 6.07) is 6.16. The van der Waals surface area contributed by atoms with Crippen LogP contribution in [0.4, 0.5) is 0 Å². The molecule has 0 radical (unpaired) electrons. The van der Waals surface area contributed by atoms with Gasteiger partial charge >= 0.3 is 0 Å². The lowest BCUT2D eigenvalue weighted by atomic mass is 9.98. The molecule has 0 N–H and O–H groups in total. The molecule has 1 atom stereocenters. The van der Waals surface area contributed by atoms with Crippen molar-refractivity contribution in [1.29, 1.82) is 0 Å². The lowest BCUT2D eigenvalue weighted by Crippen LogP contribution is -2.05. The highest BCUT2D eigenvalue weighted by Crippen LogP contribution is 2.43. The zero-order valence-corrected chi connectivity index (χ0v) is 8.26. The fourth-order valence-corrected chi connectivity index (χ4v) is 1.60. The van der Waals surface area contributed by atoms with Crippen molar-refractivity contribution in [1.82, 2.24) is 0 Å². The highest BCUT2D eigenvalue weighted by molar-refractivity contribution is 5.45. The molecule has 1 aliphatic heterocycles. The highest BCUT2D eigenvalue weighted by Gasteiger charge is 2.43. The van der Waals surface area contributed by atoms with Crippen molar-refractivity contribution in [3.8, 4) is 5.75 Å². The molecule has 2 rings (SSSR count). The van der Waals surface area contributed by atoms with Crippen LogP contribution in [-0.4, -0.2) is 13.7 Å². The third-order valence-electron chi connectivity index (χ3n) is 2.56.